The number of aromatic nitrogens is 18. The molecule has 10 rings (SSSR count). The minimum absolute atomic E-state index is 0.759. The van der Waals surface area contributed by atoms with Gasteiger partial charge in [0.25, 0.3) is 0 Å². The molecule has 10 aromatic heterocycles. The zero-order valence-corrected chi connectivity index (χ0v) is 61.5. The van der Waals surface area contributed by atoms with Crippen LogP contribution in [0.15, 0.2) is 197 Å². The standard InChI is InChI=1S/3C6H7N.6C5H6N2.C4H5N3.10C2H6/c1-6-2-4-7-5-3-6;1-6-3-2-4-7-5-6;1-6-4-2-3-5-7-6;1-5-2-6-4-7-3-5;1-5-4-6-2-3-7-5;1-5-2-3-6-4-7-5;1-5-2-3-6-7-4-5;1-5-6-3-2-4-7-5;1-5-3-2-4-6-7-5;1-4-6-2-5-3-7-4;10*1-2/h3*2-5H,1H3;6*2-4H,1H3;2-3H,1H3;10*1-2H3. The van der Waals surface area contributed by atoms with E-state index in [1.807, 2.05) is 281 Å². The first kappa shape index (κ1) is 103. The third kappa shape index (κ3) is 95.3. The smallest absolute Gasteiger partial charge is 0.128 e. The fraction of sp³-hybridized carbons (Fsp3) is 0.417. The molecule has 18 nitrogen and oxygen atoms in total. The molecule has 0 N–H and O–H groups in total. The van der Waals surface area contributed by atoms with E-state index in [4.69, 9.17) is 0 Å². The molecule has 0 fully saturated rings. The van der Waals surface area contributed by atoms with E-state index in [0.29, 0.717) is 0 Å². The Labute approximate surface area is 549 Å². The molecule has 10 aromatic rings. The zero-order valence-electron chi connectivity index (χ0n) is 61.5. The summed E-state index contributed by atoms with van der Waals surface area (Å²) in [7, 11) is 0. The topological polar surface area (TPSA) is 232 Å². The van der Waals surface area contributed by atoms with Gasteiger partial charge in [0.05, 0.1) is 17.6 Å². The Hall–Kier alpha value is -9.06. The second kappa shape index (κ2) is 99.0. The molecule has 0 atom stereocenters. The van der Waals surface area contributed by atoms with Crippen molar-refractivity contribution in [3.8, 4) is 0 Å². The van der Waals surface area contributed by atoms with Crippen LogP contribution in [0.1, 0.15) is 195 Å². The highest BCUT2D eigenvalue weighted by Gasteiger charge is 1.80. The number of nitrogens with zero attached hydrogens (tertiary/aromatic N) is 18. The second-order valence-corrected chi connectivity index (χ2v) is 13.9. The largest absolute Gasteiger partial charge is 0.265 e. The average molecular weight is 1240 g/mol. The Morgan fingerprint density at radius 2 is 0.644 bits per heavy atom. The van der Waals surface area contributed by atoms with Crippen molar-refractivity contribution < 1.29 is 0 Å². The predicted molar refractivity (Wildman–Crippen MR) is 386 cm³/mol. The summed E-state index contributed by atoms with van der Waals surface area (Å²) in [5.41, 5.74) is 8.72. The number of hydrogen-bond acceptors (Lipinski definition) is 18. The molecule has 0 aliphatic heterocycles. The van der Waals surface area contributed by atoms with Crippen molar-refractivity contribution in [1.29, 1.82) is 0 Å². The summed E-state index contributed by atoms with van der Waals surface area (Å²) >= 11 is 0. The SMILES string of the molecule is CC.CC.CC.CC.CC.CC.CC.CC.CC.CC.Cc1ccccn1.Cc1cccnc1.Cc1cccnn1.Cc1ccncc1.Cc1ccncn1.Cc1ccnnc1.Cc1cnccn1.Cc1cncnc1.Cc1ncccn1.Cc1ncncn1. The minimum atomic E-state index is 0.759. The lowest BCUT2D eigenvalue weighted by Gasteiger charge is -1.82. The molecule has 0 aromatic carbocycles. The third-order valence-electron chi connectivity index (χ3n) is 7.34. The quantitative estimate of drug-likeness (QED) is 0.137. The first-order valence-corrected chi connectivity index (χ1v) is 31.5. The Bertz CT molecular complexity index is 1990. The summed E-state index contributed by atoms with van der Waals surface area (Å²) in [6.07, 6.45) is 33.8. The molecule has 10 heterocycles. The first-order chi connectivity index (χ1) is 43.9. The number of aryl methyl sites for hydroxylation is 10. The molecule has 0 aliphatic rings. The molecule has 0 saturated heterocycles. The Balaban J connectivity index is -0.0000000957. The number of hydrogen-bond donors (Lipinski definition) is 0. The first-order valence-electron chi connectivity index (χ1n) is 31.5. The van der Waals surface area contributed by atoms with Crippen molar-refractivity contribution >= 4 is 0 Å². The van der Waals surface area contributed by atoms with Crippen LogP contribution < -0.4 is 0 Å². The molecule has 0 aliphatic carbocycles. The van der Waals surface area contributed by atoms with E-state index >= 15 is 0 Å². The summed E-state index contributed by atoms with van der Waals surface area (Å²) in [6, 6.07) is 23.1. The van der Waals surface area contributed by atoms with Gasteiger partial charge in [-0.25, -0.2) is 44.9 Å². The van der Waals surface area contributed by atoms with Crippen LogP contribution in [0.4, 0.5) is 0 Å². The minimum Gasteiger partial charge on any atom is -0.265 e. The van der Waals surface area contributed by atoms with Gasteiger partial charge in [-0.15, -0.1) is 0 Å². The van der Waals surface area contributed by atoms with Crippen LogP contribution in [0.3, 0.4) is 0 Å². The summed E-state index contributed by atoms with van der Waals surface area (Å²) in [5.74, 6) is 1.58. The van der Waals surface area contributed by atoms with Gasteiger partial charge >= 0.3 is 0 Å². The van der Waals surface area contributed by atoms with E-state index in [1.165, 1.54) is 36.4 Å². The average Bonchev–Trinajstić information content (AvgIpc) is 3.62. The lowest BCUT2D eigenvalue weighted by atomic mass is 10.3. The van der Waals surface area contributed by atoms with Gasteiger partial charge in [-0.05, 0) is 152 Å². The summed E-state index contributed by atoms with van der Waals surface area (Å²) in [6.45, 7) is 59.4. The van der Waals surface area contributed by atoms with Crippen LogP contribution in [0.5, 0.6) is 0 Å². The molecule has 0 saturated carbocycles. The molecular formula is C72H122N18. The van der Waals surface area contributed by atoms with Crippen LogP contribution in [-0.2, 0) is 0 Å². The van der Waals surface area contributed by atoms with Gasteiger partial charge in [0.15, 0.2) is 0 Å². The van der Waals surface area contributed by atoms with E-state index < -0.39 is 0 Å². The van der Waals surface area contributed by atoms with E-state index in [1.54, 1.807) is 99.0 Å². The lowest BCUT2D eigenvalue weighted by Crippen LogP contribution is -1.84. The fourth-order valence-electron chi connectivity index (χ4n) is 3.83. The summed E-state index contributed by atoms with van der Waals surface area (Å²) in [4.78, 5) is 53.5. The van der Waals surface area contributed by atoms with Gasteiger partial charge < -0.3 is 0 Å². The van der Waals surface area contributed by atoms with Gasteiger partial charge in [0.2, 0.25) is 0 Å². The molecule has 90 heavy (non-hydrogen) atoms. The monoisotopic (exact) mass is 1240 g/mol. The summed E-state index contributed by atoms with van der Waals surface area (Å²) in [5, 5.41) is 14.6. The van der Waals surface area contributed by atoms with Crippen molar-refractivity contribution in [2.75, 3.05) is 0 Å². The number of rotatable bonds is 0. The Morgan fingerprint density at radius 1 is 0.200 bits per heavy atom. The van der Waals surface area contributed by atoms with Crippen LogP contribution in [0.2, 0.25) is 0 Å². The molecule has 0 unspecified atom stereocenters. The van der Waals surface area contributed by atoms with Crippen LogP contribution >= 0.6 is 0 Å². The van der Waals surface area contributed by atoms with Crippen LogP contribution in [-0.4, -0.2) is 90.2 Å². The molecular weight excluding hydrogens is 1120 g/mol. The van der Waals surface area contributed by atoms with Gasteiger partial charge in [0.1, 0.15) is 37.0 Å². The second-order valence-electron chi connectivity index (χ2n) is 13.9. The van der Waals surface area contributed by atoms with Gasteiger partial charge in [-0.3, -0.25) is 24.9 Å². The Kier molecular flexibility index (Phi) is 113. The summed E-state index contributed by atoms with van der Waals surface area (Å²) < 4.78 is 0. The Morgan fingerprint density at radius 3 is 0.867 bits per heavy atom. The maximum Gasteiger partial charge on any atom is 0.128 e. The van der Waals surface area contributed by atoms with Crippen molar-refractivity contribution in [1.82, 2.24) is 90.2 Å². The maximum absolute atomic E-state index is 3.98. The van der Waals surface area contributed by atoms with E-state index in [9.17, 15) is 0 Å². The fourth-order valence-corrected chi connectivity index (χ4v) is 3.83. The van der Waals surface area contributed by atoms with E-state index in [2.05, 4.69) is 90.2 Å². The third-order valence-corrected chi connectivity index (χ3v) is 7.34. The van der Waals surface area contributed by atoms with Crippen molar-refractivity contribution in [2.24, 2.45) is 0 Å². The van der Waals surface area contributed by atoms with Gasteiger partial charge in [-0.1, -0.05) is 151 Å². The molecule has 18 heteroatoms. The van der Waals surface area contributed by atoms with E-state index in [-0.39, 0.29) is 0 Å². The highest BCUT2D eigenvalue weighted by Crippen LogP contribution is 1.91. The zero-order chi connectivity index (χ0) is 71.1. The maximum atomic E-state index is 3.98. The highest BCUT2D eigenvalue weighted by atomic mass is 15.1. The molecule has 0 bridgehead atoms. The van der Waals surface area contributed by atoms with Crippen molar-refractivity contribution in [2.45, 2.75) is 208 Å². The van der Waals surface area contributed by atoms with E-state index in [0.717, 1.165) is 45.6 Å². The molecule has 0 spiro atoms. The van der Waals surface area contributed by atoms with Crippen molar-refractivity contribution in [3.05, 3.63) is 254 Å². The molecule has 500 valence electrons. The van der Waals surface area contributed by atoms with Crippen LogP contribution in [0, 0.1) is 69.2 Å². The van der Waals surface area contributed by atoms with Crippen molar-refractivity contribution in [3.63, 3.8) is 0 Å². The van der Waals surface area contributed by atoms with Gasteiger partial charge in [0, 0.05) is 104 Å². The van der Waals surface area contributed by atoms with Crippen LogP contribution in [0.25, 0.3) is 0 Å². The number of pyridine rings is 3. The molecule has 0 radical (unpaired) electrons. The normalized spacial score (nSPS) is 7.44. The predicted octanol–water partition coefficient (Wildman–Crippen LogP) is 19.3. The molecule has 0 amide bonds. The van der Waals surface area contributed by atoms with Gasteiger partial charge in [-0.2, -0.15) is 20.4 Å². The lowest BCUT2D eigenvalue weighted by molar-refractivity contribution is 0.974. The highest BCUT2D eigenvalue weighted by molar-refractivity contribution is 5.06.